The minimum Gasteiger partial charge on any atom is -0.378 e. The van der Waals surface area contributed by atoms with Crippen molar-refractivity contribution >= 4 is 5.91 Å². The molecule has 112 valence electrons. The fraction of sp³-hybridized carbons (Fsp3) is 0.933. The van der Waals surface area contributed by atoms with E-state index in [1.807, 2.05) is 0 Å². The smallest absolute Gasteiger partial charge is 0.222 e. The van der Waals surface area contributed by atoms with Gasteiger partial charge < -0.3 is 15.8 Å². The molecular formula is C15H30N2O2. The van der Waals surface area contributed by atoms with Gasteiger partial charge in [0.2, 0.25) is 5.91 Å². The Morgan fingerprint density at radius 1 is 1.32 bits per heavy atom. The van der Waals surface area contributed by atoms with Crippen LogP contribution in [-0.4, -0.2) is 30.7 Å². The van der Waals surface area contributed by atoms with Gasteiger partial charge in [0.15, 0.2) is 0 Å². The van der Waals surface area contributed by atoms with Crippen LogP contribution in [-0.2, 0) is 9.53 Å². The van der Waals surface area contributed by atoms with Crippen LogP contribution >= 0.6 is 0 Å². The summed E-state index contributed by atoms with van der Waals surface area (Å²) in [6.07, 6.45) is 6.06. The largest absolute Gasteiger partial charge is 0.378 e. The van der Waals surface area contributed by atoms with Crippen LogP contribution in [0.3, 0.4) is 0 Å². The second kappa shape index (κ2) is 7.85. The molecule has 1 aliphatic rings. The molecule has 3 N–H and O–H groups in total. The fourth-order valence-electron chi connectivity index (χ4n) is 2.87. The molecule has 1 unspecified atom stereocenters. The number of carbonyl (C=O) groups is 1. The number of nitrogens with one attached hydrogen (secondary N) is 1. The van der Waals surface area contributed by atoms with E-state index in [1.165, 1.54) is 12.8 Å². The van der Waals surface area contributed by atoms with E-state index in [4.69, 9.17) is 10.5 Å². The first-order valence-corrected chi connectivity index (χ1v) is 7.60. The molecule has 4 heteroatoms. The fourth-order valence-corrected chi connectivity index (χ4v) is 2.87. The van der Waals surface area contributed by atoms with Crippen molar-refractivity contribution in [1.82, 2.24) is 5.32 Å². The van der Waals surface area contributed by atoms with Crippen molar-refractivity contribution in [3.05, 3.63) is 0 Å². The van der Waals surface area contributed by atoms with E-state index >= 15 is 0 Å². The van der Waals surface area contributed by atoms with Crippen molar-refractivity contribution < 1.29 is 9.53 Å². The Morgan fingerprint density at radius 3 is 2.47 bits per heavy atom. The van der Waals surface area contributed by atoms with Crippen LogP contribution in [0.5, 0.6) is 0 Å². The molecule has 1 saturated carbocycles. The number of ether oxygens (including phenoxy) is 1. The average Bonchev–Trinajstić information content (AvgIpc) is 2.77. The first kappa shape index (κ1) is 16.4. The van der Waals surface area contributed by atoms with Gasteiger partial charge >= 0.3 is 0 Å². The quantitative estimate of drug-likeness (QED) is 0.711. The van der Waals surface area contributed by atoms with Gasteiger partial charge in [0.25, 0.3) is 0 Å². The lowest BCUT2D eigenvalue weighted by molar-refractivity contribution is -0.124. The summed E-state index contributed by atoms with van der Waals surface area (Å²) in [5, 5.41) is 3.11. The number of hydrogen-bond donors (Lipinski definition) is 2. The van der Waals surface area contributed by atoms with E-state index in [-0.39, 0.29) is 17.6 Å². The molecule has 0 saturated heterocycles. The zero-order valence-electron chi connectivity index (χ0n) is 12.7. The van der Waals surface area contributed by atoms with Gasteiger partial charge in [-0.2, -0.15) is 0 Å². The first-order chi connectivity index (χ1) is 8.97. The lowest BCUT2D eigenvalue weighted by Crippen LogP contribution is -2.51. The maximum absolute atomic E-state index is 11.9. The van der Waals surface area contributed by atoms with Gasteiger partial charge in [-0.25, -0.2) is 0 Å². The van der Waals surface area contributed by atoms with E-state index in [2.05, 4.69) is 26.1 Å². The molecular weight excluding hydrogens is 240 g/mol. The summed E-state index contributed by atoms with van der Waals surface area (Å²) in [4.78, 5) is 11.9. The second-order valence-corrected chi connectivity index (χ2v) is 6.30. The van der Waals surface area contributed by atoms with Crippen molar-refractivity contribution in [2.45, 2.75) is 70.9 Å². The van der Waals surface area contributed by atoms with Gasteiger partial charge in [0, 0.05) is 13.0 Å². The summed E-state index contributed by atoms with van der Waals surface area (Å²) < 4.78 is 5.66. The van der Waals surface area contributed by atoms with Crippen LogP contribution in [0.1, 0.15) is 59.3 Å². The summed E-state index contributed by atoms with van der Waals surface area (Å²) >= 11 is 0. The summed E-state index contributed by atoms with van der Waals surface area (Å²) in [5.41, 5.74) is 5.66. The van der Waals surface area contributed by atoms with Crippen molar-refractivity contribution in [3.63, 3.8) is 0 Å². The Morgan fingerprint density at radius 2 is 1.95 bits per heavy atom. The molecule has 1 aliphatic carbocycles. The molecule has 4 nitrogen and oxygen atoms in total. The molecule has 19 heavy (non-hydrogen) atoms. The highest BCUT2D eigenvalue weighted by Crippen LogP contribution is 2.28. The second-order valence-electron chi connectivity index (χ2n) is 6.30. The van der Waals surface area contributed by atoms with Crippen LogP contribution in [0, 0.1) is 5.92 Å². The van der Waals surface area contributed by atoms with Crippen LogP contribution in [0.25, 0.3) is 0 Å². The zero-order valence-corrected chi connectivity index (χ0v) is 12.7. The highest BCUT2D eigenvalue weighted by Gasteiger charge is 2.33. The highest BCUT2D eigenvalue weighted by molar-refractivity contribution is 5.77. The van der Waals surface area contributed by atoms with E-state index in [1.54, 1.807) is 0 Å². The van der Waals surface area contributed by atoms with Gasteiger partial charge in [0.1, 0.15) is 0 Å². The number of amides is 1. The Balaban J connectivity index is 2.20. The SMILES string of the molecule is CC(C)CC(C)OCCC(=O)NC1(CN)CCCC1. The third kappa shape index (κ3) is 5.91. The van der Waals surface area contributed by atoms with Crippen LogP contribution < -0.4 is 11.1 Å². The Labute approximate surface area is 117 Å². The summed E-state index contributed by atoms with van der Waals surface area (Å²) in [7, 11) is 0. The molecule has 0 bridgehead atoms. The minimum absolute atomic E-state index is 0.0732. The van der Waals surface area contributed by atoms with Gasteiger partial charge in [-0.15, -0.1) is 0 Å². The molecule has 0 aromatic rings. The normalized spacial score (nSPS) is 19.6. The maximum atomic E-state index is 11.9. The van der Waals surface area contributed by atoms with Gasteiger partial charge in [-0.1, -0.05) is 26.7 Å². The predicted molar refractivity (Wildman–Crippen MR) is 77.9 cm³/mol. The van der Waals surface area contributed by atoms with Gasteiger partial charge in [0.05, 0.1) is 18.2 Å². The Kier molecular flexibility index (Phi) is 6.80. The van der Waals surface area contributed by atoms with E-state index in [0.29, 0.717) is 25.5 Å². The standard InChI is InChI=1S/C15H30N2O2/c1-12(2)10-13(3)19-9-6-14(18)17-15(11-16)7-4-5-8-15/h12-13H,4-11,16H2,1-3H3,(H,17,18). The van der Waals surface area contributed by atoms with Crippen molar-refractivity contribution in [3.8, 4) is 0 Å². The van der Waals surface area contributed by atoms with Crippen molar-refractivity contribution in [2.24, 2.45) is 11.7 Å². The highest BCUT2D eigenvalue weighted by atomic mass is 16.5. The van der Waals surface area contributed by atoms with Crippen molar-refractivity contribution in [2.75, 3.05) is 13.2 Å². The van der Waals surface area contributed by atoms with Crippen LogP contribution in [0.15, 0.2) is 0 Å². The molecule has 1 atom stereocenters. The predicted octanol–water partition coefficient (Wildman–Crippen LogP) is 2.22. The summed E-state index contributed by atoms with van der Waals surface area (Å²) in [6.45, 7) is 7.47. The van der Waals surface area contributed by atoms with E-state index < -0.39 is 0 Å². The summed E-state index contributed by atoms with van der Waals surface area (Å²) in [6, 6.07) is 0. The van der Waals surface area contributed by atoms with Crippen LogP contribution in [0.4, 0.5) is 0 Å². The molecule has 0 spiro atoms. The first-order valence-electron chi connectivity index (χ1n) is 7.60. The zero-order chi connectivity index (χ0) is 14.3. The molecule has 0 aromatic heterocycles. The third-order valence-electron chi connectivity index (χ3n) is 3.89. The number of nitrogens with two attached hydrogens (primary N) is 1. The molecule has 0 aromatic carbocycles. The number of carbonyl (C=O) groups excluding carboxylic acids is 1. The lowest BCUT2D eigenvalue weighted by Gasteiger charge is -2.28. The van der Waals surface area contributed by atoms with Crippen LogP contribution in [0.2, 0.25) is 0 Å². The molecule has 1 fully saturated rings. The molecule has 0 radical (unpaired) electrons. The van der Waals surface area contributed by atoms with Crippen molar-refractivity contribution in [1.29, 1.82) is 0 Å². The Hall–Kier alpha value is -0.610. The van der Waals surface area contributed by atoms with E-state index in [9.17, 15) is 4.79 Å². The summed E-state index contributed by atoms with van der Waals surface area (Å²) in [5.74, 6) is 0.701. The molecule has 0 aliphatic heterocycles. The molecule has 1 amide bonds. The number of hydrogen-bond acceptors (Lipinski definition) is 3. The molecule has 0 heterocycles. The maximum Gasteiger partial charge on any atom is 0.222 e. The lowest BCUT2D eigenvalue weighted by atomic mass is 9.97. The molecule has 1 rings (SSSR count). The average molecular weight is 270 g/mol. The Bertz CT molecular complexity index is 273. The monoisotopic (exact) mass is 270 g/mol. The third-order valence-corrected chi connectivity index (χ3v) is 3.89. The van der Waals surface area contributed by atoms with Gasteiger partial charge in [-0.05, 0) is 32.1 Å². The number of rotatable bonds is 8. The van der Waals surface area contributed by atoms with E-state index in [0.717, 1.165) is 19.3 Å². The minimum atomic E-state index is -0.138. The van der Waals surface area contributed by atoms with Gasteiger partial charge in [-0.3, -0.25) is 4.79 Å². The topological polar surface area (TPSA) is 64.3 Å².